The molecule has 0 aliphatic carbocycles. The van der Waals surface area contributed by atoms with Crippen LogP contribution in [0.2, 0.25) is 0 Å². The van der Waals surface area contributed by atoms with E-state index in [0.29, 0.717) is 6.42 Å². The summed E-state index contributed by atoms with van der Waals surface area (Å²) in [5.74, 6) is 5.98. The molecule has 0 amide bonds. The fourth-order valence-electron chi connectivity index (χ4n) is 0.877. The van der Waals surface area contributed by atoms with E-state index in [4.69, 9.17) is 5.73 Å². The van der Waals surface area contributed by atoms with Gasteiger partial charge >= 0.3 is 0 Å². The molecule has 0 saturated heterocycles. The van der Waals surface area contributed by atoms with E-state index >= 15 is 0 Å². The fourth-order valence-corrected chi connectivity index (χ4v) is 0.877. The van der Waals surface area contributed by atoms with E-state index in [9.17, 15) is 0 Å². The molecule has 0 aliphatic heterocycles. The number of hydrogen-bond donors (Lipinski definition) is 1. The Balaban J connectivity index is 2.46. The van der Waals surface area contributed by atoms with Crippen LogP contribution in [0.15, 0.2) is 24.4 Å². The first-order valence-corrected chi connectivity index (χ1v) is 4.46. The number of nitrogens with two attached hydrogens (primary N) is 1. The molecule has 68 valence electrons. The molecule has 1 aromatic rings. The minimum absolute atomic E-state index is 0.00344. The second kappa shape index (κ2) is 5.34. The van der Waals surface area contributed by atoms with Crippen LogP contribution in [0, 0.1) is 11.8 Å². The first-order valence-electron chi connectivity index (χ1n) is 4.46. The van der Waals surface area contributed by atoms with E-state index in [2.05, 4.69) is 16.8 Å². The van der Waals surface area contributed by atoms with Gasteiger partial charge in [-0.05, 0) is 18.6 Å². The monoisotopic (exact) mass is 174 g/mol. The van der Waals surface area contributed by atoms with E-state index in [-0.39, 0.29) is 6.04 Å². The van der Waals surface area contributed by atoms with Crippen LogP contribution in [0.4, 0.5) is 0 Å². The Morgan fingerprint density at radius 3 is 3.00 bits per heavy atom. The third-order valence-corrected chi connectivity index (χ3v) is 1.72. The molecule has 1 rings (SSSR count). The van der Waals surface area contributed by atoms with Crippen molar-refractivity contribution in [3.63, 3.8) is 0 Å². The minimum Gasteiger partial charge on any atom is -0.318 e. The lowest BCUT2D eigenvalue weighted by Gasteiger charge is -1.95. The third kappa shape index (κ3) is 3.73. The fraction of sp³-hybridized carbons (Fsp3) is 0.364. The van der Waals surface area contributed by atoms with Crippen LogP contribution in [-0.2, 0) is 6.42 Å². The van der Waals surface area contributed by atoms with E-state index in [1.807, 2.05) is 25.1 Å². The highest BCUT2D eigenvalue weighted by atomic mass is 14.7. The van der Waals surface area contributed by atoms with Crippen molar-refractivity contribution in [1.82, 2.24) is 4.98 Å². The van der Waals surface area contributed by atoms with Crippen LogP contribution in [0.3, 0.4) is 0 Å². The van der Waals surface area contributed by atoms with Crippen molar-refractivity contribution < 1.29 is 0 Å². The first kappa shape index (κ1) is 9.76. The third-order valence-electron chi connectivity index (χ3n) is 1.72. The molecule has 0 spiro atoms. The maximum absolute atomic E-state index is 5.64. The van der Waals surface area contributed by atoms with Crippen molar-refractivity contribution in [3.05, 3.63) is 30.1 Å². The molecule has 0 saturated carbocycles. The summed E-state index contributed by atoms with van der Waals surface area (Å²) in [6, 6.07) is 5.83. The highest BCUT2D eigenvalue weighted by molar-refractivity contribution is 5.15. The van der Waals surface area contributed by atoms with Crippen LogP contribution in [0.25, 0.3) is 0 Å². The molecule has 0 aromatic carbocycles. The molecular weight excluding hydrogens is 160 g/mol. The quantitative estimate of drug-likeness (QED) is 0.688. The molecule has 2 nitrogen and oxygen atoms in total. The normalized spacial score (nSPS) is 11.5. The van der Waals surface area contributed by atoms with Gasteiger partial charge < -0.3 is 5.73 Å². The highest BCUT2D eigenvalue weighted by Crippen LogP contribution is 1.93. The zero-order valence-electron chi connectivity index (χ0n) is 7.83. The van der Waals surface area contributed by atoms with E-state index in [0.717, 1.165) is 12.1 Å². The number of pyridine rings is 1. The van der Waals surface area contributed by atoms with Crippen LogP contribution in [0.5, 0.6) is 0 Å². The summed E-state index contributed by atoms with van der Waals surface area (Å²) in [5, 5.41) is 0. The van der Waals surface area contributed by atoms with Gasteiger partial charge in [0.2, 0.25) is 0 Å². The Labute approximate surface area is 79.2 Å². The van der Waals surface area contributed by atoms with Gasteiger partial charge in [0.15, 0.2) is 0 Å². The molecule has 0 aliphatic rings. The van der Waals surface area contributed by atoms with Crippen LogP contribution < -0.4 is 5.73 Å². The summed E-state index contributed by atoms with van der Waals surface area (Å²) in [7, 11) is 0. The molecule has 13 heavy (non-hydrogen) atoms. The first-order chi connectivity index (χ1) is 6.33. The number of hydrogen-bond acceptors (Lipinski definition) is 2. The van der Waals surface area contributed by atoms with E-state index in [1.54, 1.807) is 6.20 Å². The van der Waals surface area contributed by atoms with Crippen molar-refractivity contribution in [2.24, 2.45) is 5.73 Å². The van der Waals surface area contributed by atoms with Crippen molar-refractivity contribution >= 4 is 0 Å². The van der Waals surface area contributed by atoms with E-state index < -0.39 is 0 Å². The summed E-state index contributed by atoms with van der Waals surface area (Å²) < 4.78 is 0. The van der Waals surface area contributed by atoms with Crippen LogP contribution in [0.1, 0.15) is 19.0 Å². The van der Waals surface area contributed by atoms with Gasteiger partial charge in [0.25, 0.3) is 0 Å². The van der Waals surface area contributed by atoms with Crippen molar-refractivity contribution in [2.75, 3.05) is 0 Å². The van der Waals surface area contributed by atoms with Crippen LogP contribution in [-0.4, -0.2) is 11.0 Å². The molecule has 2 N–H and O–H groups in total. The van der Waals surface area contributed by atoms with Crippen LogP contribution >= 0.6 is 0 Å². The number of aromatic nitrogens is 1. The van der Waals surface area contributed by atoms with Crippen molar-refractivity contribution in [1.29, 1.82) is 0 Å². The summed E-state index contributed by atoms with van der Waals surface area (Å²) in [4.78, 5) is 4.16. The Kier molecular flexibility index (Phi) is 4.01. The SMILES string of the molecule is CCC(N)C#CCc1ccccn1. The number of rotatable bonds is 2. The topological polar surface area (TPSA) is 38.9 Å². The number of nitrogens with zero attached hydrogens (tertiary/aromatic N) is 1. The smallest absolute Gasteiger partial charge is 0.0662 e. The summed E-state index contributed by atoms with van der Waals surface area (Å²) in [6.07, 6.45) is 3.36. The summed E-state index contributed by atoms with van der Waals surface area (Å²) in [6.45, 7) is 2.03. The lowest BCUT2D eigenvalue weighted by atomic mass is 10.2. The maximum Gasteiger partial charge on any atom is 0.0662 e. The minimum atomic E-state index is 0.00344. The zero-order valence-corrected chi connectivity index (χ0v) is 7.83. The second-order valence-electron chi connectivity index (χ2n) is 2.83. The Hall–Kier alpha value is -1.33. The van der Waals surface area contributed by atoms with Gasteiger partial charge in [-0.2, -0.15) is 0 Å². The Morgan fingerprint density at radius 1 is 1.54 bits per heavy atom. The summed E-state index contributed by atoms with van der Waals surface area (Å²) >= 11 is 0. The Morgan fingerprint density at radius 2 is 2.38 bits per heavy atom. The molecule has 0 bridgehead atoms. The maximum atomic E-state index is 5.64. The molecule has 0 fully saturated rings. The van der Waals surface area contributed by atoms with E-state index in [1.165, 1.54) is 0 Å². The average Bonchev–Trinajstić information content (AvgIpc) is 2.19. The molecule has 0 radical (unpaired) electrons. The molecule has 1 aromatic heterocycles. The molecule has 2 heteroatoms. The Bertz CT molecular complexity index is 295. The van der Waals surface area contributed by atoms with Crippen molar-refractivity contribution in [2.45, 2.75) is 25.8 Å². The van der Waals surface area contributed by atoms with Gasteiger partial charge in [0.05, 0.1) is 18.2 Å². The van der Waals surface area contributed by atoms with Gasteiger partial charge in [-0.1, -0.05) is 24.8 Å². The zero-order chi connectivity index (χ0) is 9.52. The predicted octanol–water partition coefficient (Wildman–Crippen LogP) is 1.36. The predicted molar refractivity (Wildman–Crippen MR) is 54.0 cm³/mol. The lowest BCUT2D eigenvalue weighted by molar-refractivity contribution is 0.805. The highest BCUT2D eigenvalue weighted by Gasteiger charge is 1.90. The largest absolute Gasteiger partial charge is 0.318 e. The van der Waals surface area contributed by atoms with Gasteiger partial charge in [0, 0.05) is 6.20 Å². The van der Waals surface area contributed by atoms with Gasteiger partial charge in [-0.15, -0.1) is 0 Å². The second-order valence-corrected chi connectivity index (χ2v) is 2.83. The van der Waals surface area contributed by atoms with Gasteiger partial charge in [-0.3, -0.25) is 4.98 Å². The molecule has 1 unspecified atom stereocenters. The van der Waals surface area contributed by atoms with Gasteiger partial charge in [0.1, 0.15) is 0 Å². The lowest BCUT2D eigenvalue weighted by Crippen LogP contribution is -2.15. The standard InChI is InChI=1S/C11H14N2/c1-2-10(12)6-5-8-11-7-3-4-9-13-11/h3-4,7,9-10H,2,8,12H2,1H3. The summed E-state index contributed by atoms with van der Waals surface area (Å²) in [5.41, 5.74) is 6.64. The van der Waals surface area contributed by atoms with Gasteiger partial charge in [-0.25, -0.2) is 0 Å². The molecule has 1 heterocycles. The van der Waals surface area contributed by atoms with Crippen molar-refractivity contribution in [3.8, 4) is 11.8 Å². The molecular formula is C11H14N2. The molecule has 1 atom stereocenters. The average molecular weight is 174 g/mol.